The van der Waals surface area contributed by atoms with Crippen LogP contribution in [0.15, 0.2) is 29.2 Å². The molecule has 0 saturated heterocycles. The van der Waals surface area contributed by atoms with Gasteiger partial charge in [0.25, 0.3) is 10.0 Å². The fourth-order valence-electron chi connectivity index (χ4n) is 3.16. The van der Waals surface area contributed by atoms with Crippen LogP contribution in [0.25, 0.3) is 0 Å². The summed E-state index contributed by atoms with van der Waals surface area (Å²) in [6.45, 7) is 13.9. The Labute approximate surface area is 146 Å². The van der Waals surface area contributed by atoms with E-state index in [9.17, 15) is 8.42 Å². The van der Waals surface area contributed by atoms with Crippen LogP contribution in [0, 0.1) is 34.6 Å². The molecule has 0 amide bonds. The van der Waals surface area contributed by atoms with Crippen LogP contribution in [-0.2, 0) is 10.0 Å². The zero-order valence-electron chi connectivity index (χ0n) is 15.6. The fourth-order valence-corrected chi connectivity index (χ4v) is 4.85. The summed E-state index contributed by atoms with van der Waals surface area (Å²) in [5, 5.41) is 0. The van der Waals surface area contributed by atoms with Crippen LogP contribution in [0.5, 0.6) is 0 Å². The van der Waals surface area contributed by atoms with Gasteiger partial charge < -0.3 is 0 Å². The predicted molar refractivity (Wildman–Crippen MR) is 101 cm³/mol. The summed E-state index contributed by atoms with van der Waals surface area (Å²) in [4.78, 5) is 0.404. The lowest BCUT2D eigenvalue weighted by atomic mass is 9.95. The van der Waals surface area contributed by atoms with Gasteiger partial charge in [0.2, 0.25) is 0 Å². The Bertz CT molecular complexity index is 852. The third kappa shape index (κ3) is 3.20. The molecule has 0 spiro atoms. The van der Waals surface area contributed by atoms with Gasteiger partial charge in [0.05, 0.1) is 10.6 Å². The highest BCUT2D eigenvalue weighted by molar-refractivity contribution is 7.92. The minimum Gasteiger partial charge on any atom is -0.279 e. The molecule has 2 rings (SSSR count). The summed E-state index contributed by atoms with van der Waals surface area (Å²) < 4.78 is 29.1. The quantitative estimate of drug-likeness (QED) is 0.832. The standard InChI is InChI=1S/C20H27NO2S/c1-12(2)18-10-8-9-11-19(18)21-24(22,23)20-16(6)14(4)13(3)15(5)17(20)7/h8-12,21H,1-7H3. The highest BCUT2D eigenvalue weighted by atomic mass is 32.2. The second-order valence-electron chi connectivity index (χ2n) is 6.80. The summed E-state index contributed by atoms with van der Waals surface area (Å²) >= 11 is 0. The van der Waals surface area contributed by atoms with Crippen LogP contribution in [0.2, 0.25) is 0 Å². The second kappa shape index (κ2) is 6.60. The van der Waals surface area contributed by atoms with Gasteiger partial charge in [-0.15, -0.1) is 0 Å². The molecule has 2 aromatic rings. The van der Waals surface area contributed by atoms with Crippen LogP contribution in [0.4, 0.5) is 5.69 Å². The second-order valence-corrected chi connectivity index (χ2v) is 8.42. The van der Waals surface area contributed by atoms with E-state index in [0.29, 0.717) is 10.6 Å². The first kappa shape index (κ1) is 18.5. The van der Waals surface area contributed by atoms with Gasteiger partial charge in [-0.05, 0) is 80.0 Å². The van der Waals surface area contributed by atoms with Crippen LogP contribution >= 0.6 is 0 Å². The fraction of sp³-hybridized carbons (Fsp3) is 0.400. The van der Waals surface area contributed by atoms with Crippen molar-refractivity contribution in [2.45, 2.75) is 59.3 Å². The molecule has 0 unspecified atom stereocenters. The average molecular weight is 346 g/mol. The number of para-hydroxylation sites is 1. The SMILES string of the molecule is Cc1c(C)c(C)c(S(=O)(=O)Nc2ccccc2C(C)C)c(C)c1C. The van der Waals surface area contributed by atoms with Gasteiger partial charge in [-0.2, -0.15) is 0 Å². The molecule has 130 valence electrons. The monoisotopic (exact) mass is 345 g/mol. The Morgan fingerprint density at radius 2 is 1.25 bits per heavy atom. The highest BCUT2D eigenvalue weighted by Crippen LogP contribution is 2.32. The third-order valence-corrected chi connectivity index (χ3v) is 6.67. The van der Waals surface area contributed by atoms with Crippen molar-refractivity contribution in [1.82, 2.24) is 0 Å². The summed E-state index contributed by atoms with van der Waals surface area (Å²) in [6, 6.07) is 7.58. The van der Waals surface area contributed by atoms with Crippen molar-refractivity contribution in [3.05, 3.63) is 57.6 Å². The highest BCUT2D eigenvalue weighted by Gasteiger charge is 2.24. The molecule has 0 saturated carbocycles. The molecule has 0 aliphatic carbocycles. The first-order valence-electron chi connectivity index (χ1n) is 8.26. The average Bonchev–Trinajstić information content (AvgIpc) is 2.50. The van der Waals surface area contributed by atoms with E-state index in [4.69, 9.17) is 0 Å². The van der Waals surface area contributed by atoms with Gasteiger partial charge >= 0.3 is 0 Å². The van der Waals surface area contributed by atoms with Crippen molar-refractivity contribution in [1.29, 1.82) is 0 Å². The van der Waals surface area contributed by atoms with Crippen LogP contribution < -0.4 is 4.72 Å². The molecule has 0 aliphatic heterocycles. The van der Waals surface area contributed by atoms with Gasteiger partial charge in [-0.1, -0.05) is 32.0 Å². The van der Waals surface area contributed by atoms with Gasteiger partial charge in [0.1, 0.15) is 0 Å². The topological polar surface area (TPSA) is 46.2 Å². The Hall–Kier alpha value is -1.81. The summed E-state index contributed by atoms with van der Waals surface area (Å²) in [5.74, 6) is 0.243. The molecule has 0 bridgehead atoms. The lowest BCUT2D eigenvalue weighted by molar-refractivity contribution is 0.599. The number of rotatable bonds is 4. The first-order chi connectivity index (χ1) is 11.1. The maximum Gasteiger partial charge on any atom is 0.262 e. The maximum absolute atomic E-state index is 13.1. The van der Waals surface area contributed by atoms with Gasteiger partial charge in [-0.25, -0.2) is 8.42 Å². The molecule has 4 heteroatoms. The van der Waals surface area contributed by atoms with E-state index in [-0.39, 0.29) is 5.92 Å². The van der Waals surface area contributed by atoms with Crippen molar-refractivity contribution in [2.24, 2.45) is 0 Å². The zero-order chi connectivity index (χ0) is 18.2. The summed E-state index contributed by atoms with van der Waals surface area (Å²) in [7, 11) is -3.64. The molecule has 2 aromatic carbocycles. The number of nitrogens with one attached hydrogen (secondary N) is 1. The lowest BCUT2D eigenvalue weighted by Crippen LogP contribution is -2.18. The molecule has 1 N–H and O–H groups in total. The summed E-state index contributed by atoms with van der Waals surface area (Å²) in [5.41, 5.74) is 6.53. The molecule has 0 atom stereocenters. The van der Waals surface area contributed by atoms with Crippen molar-refractivity contribution in [3.8, 4) is 0 Å². The van der Waals surface area contributed by atoms with Gasteiger partial charge in [0, 0.05) is 0 Å². The van der Waals surface area contributed by atoms with Crippen molar-refractivity contribution in [2.75, 3.05) is 4.72 Å². The number of hydrogen-bond acceptors (Lipinski definition) is 2. The van der Waals surface area contributed by atoms with Crippen LogP contribution in [0.1, 0.15) is 53.1 Å². The van der Waals surface area contributed by atoms with Gasteiger partial charge in [-0.3, -0.25) is 4.72 Å². The minimum atomic E-state index is -3.64. The number of anilines is 1. The first-order valence-corrected chi connectivity index (χ1v) is 9.75. The van der Waals surface area contributed by atoms with E-state index in [2.05, 4.69) is 18.6 Å². The molecule has 0 aliphatic rings. The Morgan fingerprint density at radius 1 is 0.792 bits per heavy atom. The van der Waals surface area contributed by atoms with E-state index in [1.807, 2.05) is 58.9 Å². The summed E-state index contributed by atoms with van der Waals surface area (Å²) in [6.07, 6.45) is 0. The van der Waals surface area contributed by atoms with E-state index in [1.165, 1.54) is 0 Å². The van der Waals surface area contributed by atoms with Crippen LogP contribution in [-0.4, -0.2) is 8.42 Å². The Morgan fingerprint density at radius 3 is 1.75 bits per heavy atom. The largest absolute Gasteiger partial charge is 0.279 e. The molecule has 0 heterocycles. The number of sulfonamides is 1. The lowest BCUT2D eigenvalue weighted by Gasteiger charge is -2.21. The number of hydrogen-bond donors (Lipinski definition) is 1. The minimum absolute atomic E-state index is 0.243. The van der Waals surface area contributed by atoms with Crippen molar-refractivity contribution >= 4 is 15.7 Å². The molecule has 0 radical (unpaired) electrons. The third-order valence-electron chi connectivity index (χ3n) is 5.03. The smallest absolute Gasteiger partial charge is 0.262 e. The predicted octanol–water partition coefficient (Wildman–Crippen LogP) is 5.15. The van der Waals surface area contributed by atoms with E-state index in [1.54, 1.807) is 0 Å². The molecular weight excluding hydrogens is 318 g/mol. The van der Waals surface area contributed by atoms with E-state index < -0.39 is 10.0 Å². The van der Waals surface area contributed by atoms with E-state index in [0.717, 1.165) is 33.4 Å². The molecule has 3 nitrogen and oxygen atoms in total. The van der Waals surface area contributed by atoms with Crippen LogP contribution in [0.3, 0.4) is 0 Å². The molecule has 24 heavy (non-hydrogen) atoms. The molecule has 0 aromatic heterocycles. The molecular formula is C20H27NO2S. The van der Waals surface area contributed by atoms with Crippen molar-refractivity contribution in [3.63, 3.8) is 0 Å². The van der Waals surface area contributed by atoms with Gasteiger partial charge in [0.15, 0.2) is 0 Å². The Balaban J connectivity index is 2.62. The van der Waals surface area contributed by atoms with Crippen molar-refractivity contribution < 1.29 is 8.42 Å². The van der Waals surface area contributed by atoms with E-state index >= 15 is 0 Å². The Kier molecular flexibility index (Phi) is 5.09. The zero-order valence-corrected chi connectivity index (χ0v) is 16.4. The normalized spacial score (nSPS) is 11.8. The number of benzene rings is 2. The molecule has 0 fully saturated rings. The maximum atomic E-state index is 13.1.